The molecule has 0 saturated carbocycles. The lowest BCUT2D eigenvalue weighted by Crippen LogP contribution is -2.48. The minimum atomic E-state index is -0.521. The average molecular weight is 410 g/mol. The van der Waals surface area contributed by atoms with Gasteiger partial charge in [0.2, 0.25) is 5.91 Å². The van der Waals surface area contributed by atoms with Gasteiger partial charge < -0.3 is 10.1 Å². The zero-order chi connectivity index (χ0) is 20.1. The van der Waals surface area contributed by atoms with Gasteiger partial charge in [0.15, 0.2) is 11.6 Å². The summed E-state index contributed by atoms with van der Waals surface area (Å²) in [4.78, 5) is 16.5. The number of nitrogens with one attached hydrogen (secondary N) is 1. The van der Waals surface area contributed by atoms with Crippen LogP contribution in [-0.2, 0) is 11.3 Å². The standard InChI is InChI=1S/C20H22ClF2N3O2/c1-28-19-5-2-14(10-18(19)23)12-25-6-8-26(9-7-25)13-20(27)24-15-3-4-17(22)16(21)11-15/h2-5,10-11H,6-9,12-13H2,1H3,(H,24,27). The van der Waals surface area contributed by atoms with Crippen molar-refractivity contribution in [1.82, 2.24) is 9.80 Å². The van der Waals surface area contributed by atoms with Crippen molar-refractivity contribution in [3.8, 4) is 5.75 Å². The summed E-state index contributed by atoms with van der Waals surface area (Å²) < 4.78 is 31.9. The summed E-state index contributed by atoms with van der Waals surface area (Å²) in [5.74, 6) is -0.820. The fraction of sp³-hybridized carbons (Fsp3) is 0.350. The second-order valence-corrected chi connectivity index (χ2v) is 7.11. The number of benzene rings is 2. The Morgan fingerprint density at radius 3 is 2.43 bits per heavy atom. The van der Waals surface area contributed by atoms with Gasteiger partial charge in [-0.3, -0.25) is 14.6 Å². The summed E-state index contributed by atoms with van der Waals surface area (Å²) in [7, 11) is 1.44. The van der Waals surface area contributed by atoms with E-state index in [-0.39, 0.29) is 29.0 Å². The Morgan fingerprint density at radius 1 is 1.07 bits per heavy atom. The molecule has 1 heterocycles. The number of amides is 1. The summed E-state index contributed by atoms with van der Waals surface area (Å²) in [6, 6.07) is 9.07. The van der Waals surface area contributed by atoms with Gasteiger partial charge >= 0.3 is 0 Å². The Morgan fingerprint density at radius 2 is 1.79 bits per heavy atom. The molecule has 1 saturated heterocycles. The summed E-state index contributed by atoms with van der Waals surface area (Å²) in [6.45, 7) is 3.92. The lowest BCUT2D eigenvalue weighted by Gasteiger charge is -2.34. The van der Waals surface area contributed by atoms with E-state index in [1.807, 2.05) is 11.0 Å². The first-order valence-electron chi connectivity index (χ1n) is 8.96. The lowest BCUT2D eigenvalue weighted by molar-refractivity contribution is -0.117. The Bertz CT molecular complexity index is 842. The zero-order valence-electron chi connectivity index (χ0n) is 15.6. The number of nitrogens with zero attached hydrogens (tertiary/aromatic N) is 2. The van der Waals surface area contributed by atoms with Gasteiger partial charge in [-0.15, -0.1) is 0 Å². The van der Waals surface area contributed by atoms with E-state index < -0.39 is 5.82 Å². The first kappa shape index (κ1) is 20.5. The molecule has 1 fully saturated rings. The van der Waals surface area contributed by atoms with Crippen molar-refractivity contribution in [2.24, 2.45) is 0 Å². The lowest BCUT2D eigenvalue weighted by atomic mass is 10.2. The van der Waals surface area contributed by atoms with Crippen LogP contribution in [0, 0.1) is 11.6 Å². The number of rotatable bonds is 6. The van der Waals surface area contributed by atoms with Gasteiger partial charge in [0.25, 0.3) is 0 Å². The highest BCUT2D eigenvalue weighted by molar-refractivity contribution is 6.31. The minimum absolute atomic E-state index is 0.0265. The Balaban J connectivity index is 1.45. The number of methoxy groups -OCH3 is 1. The Labute approximate surface area is 167 Å². The molecule has 0 bridgehead atoms. The fourth-order valence-corrected chi connectivity index (χ4v) is 3.33. The summed E-state index contributed by atoms with van der Waals surface area (Å²) in [5.41, 5.74) is 1.36. The van der Waals surface area contributed by atoms with Crippen molar-refractivity contribution in [3.63, 3.8) is 0 Å². The van der Waals surface area contributed by atoms with Crippen molar-refractivity contribution >= 4 is 23.2 Å². The molecule has 0 aliphatic carbocycles. The minimum Gasteiger partial charge on any atom is -0.494 e. The van der Waals surface area contributed by atoms with Crippen LogP contribution in [0.15, 0.2) is 36.4 Å². The van der Waals surface area contributed by atoms with E-state index in [4.69, 9.17) is 16.3 Å². The van der Waals surface area contributed by atoms with Crippen LogP contribution in [0.3, 0.4) is 0 Å². The van der Waals surface area contributed by atoms with Gasteiger partial charge in [-0.2, -0.15) is 0 Å². The molecule has 0 aromatic heterocycles. The second kappa shape index (κ2) is 9.32. The predicted octanol–water partition coefficient (Wildman–Crippen LogP) is 3.38. The average Bonchev–Trinajstić information content (AvgIpc) is 2.66. The highest BCUT2D eigenvalue weighted by Gasteiger charge is 2.19. The quantitative estimate of drug-likeness (QED) is 0.794. The smallest absolute Gasteiger partial charge is 0.238 e. The second-order valence-electron chi connectivity index (χ2n) is 6.70. The first-order chi connectivity index (χ1) is 13.4. The van der Waals surface area contributed by atoms with Gasteiger partial charge in [-0.1, -0.05) is 17.7 Å². The first-order valence-corrected chi connectivity index (χ1v) is 9.34. The molecule has 5 nitrogen and oxygen atoms in total. The van der Waals surface area contributed by atoms with Crippen LogP contribution in [0.1, 0.15) is 5.56 Å². The molecule has 150 valence electrons. The topological polar surface area (TPSA) is 44.8 Å². The SMILES string of the molecule is COc1ccc(CN2CCN(CC(=O)Nc3ccc(F)c(Cl)c3)CC2)cc1F. The molecule has 0 unspecified atom stereocenters. The maximum atomic E-state index is 13.8. The van der Waals surface area contributed by atoms with E-state index >= 15 is 0 Å². The molecule has 1 amide bonds. The molecule has 8 heteroatoms. The van der Waals surface area contributed by atoms with Gasteiger partial charge in [0, 0.05) is 38.4 Å². The van der Waals surface area contributed by atoms with Crippen molar-refractivity contribution < 1.29 is 18.3 Å². The number of hydrogen-bond acceptors (Lipinski definition) is 4. The van der Waals surface area contributed by atoms with Crippen molar-refractivity contribution in [2.75, 3.05) is 45.2 Å². The van der Waals surface area contributed by atoms with Gasteiger partial charge in [-0.25, -0.2) is 8.78 Å². The monoisotopic (exact) mass is 409 g/mol. The van der Waals surface area contributed by atoms with E-state index in [9.17, 15) is 13.6 Å². The van der Waals surface area contributed by atoms with Crippen LogP contribution < -0.4 is 10.1 Å². The third kappa shape index (κ3) is 5.41. The molecule has 28 heavy (non-hydrogen) atoms. The molecule has 3 rings (SSSR count). The Kier molecular flexibility index (Phi) is 6.83. The molecule has 0 spiro atoms. The normalized spacial score (nSPS) is 15.4. The molecule has 1 aliphatic rings. The molecular formula is C20H22ClF2N3O2. The van der Waals surface area contributed by atoms with Crippen molar-refractivity contribution in [3.05, 3.63) is 58.6 Å². The number of carbonyl (C=O) groups excluding carboxylic acids is 1. The molecule has 0 radical (unpaired) electrons. The van der Waals surface area contributed by atoms with E-state index in [2.05, 4.69) is 10.2 Å². The van der Waals surface area contributed by atoms with Crippen LogP contribution in [0.5, 0.6) is 5.75 Å². The number of anilines is 1. The number of carbonyl (C=O) groups is 1. The molecule has 2 aromatic carbocycles. The fourth-order valence-electron chi connectivity index (χ4n) is 3.15. The zero-order valence-corrected chi connectivity index (χ0v) is 16.3. The van der Waals surface area contributed by atoms with Crippen molar-refractivity contribution in [1.29, 1.82) is 0 Å². The number of hydrogen-bond donors (Lipinski definition) is 1. The highest BCUT2D eigenvalue weighted by atomic mass is 35.5. The van der Waals surface area contributed by atoms with Crippen LogP contribution in [0.2, 0.25) is 5.02 Å². The summed E-state index contributed by atoms with van der Waals surface area (Å²) in [6.07, 6.45) is 0. The van der Waals surface area contributed by atoms with Gasteiger partial charge in [0.05, 0.1) is 18.7 Å². The third-order valence-electron chi connectivity index (χ3n) is 4.66. The van der Waals surface area contributed by atoms with Crippen LogP contribution in [0.25, 0.3) is 0 Å². The van der Waals surface area contributed by atoms with Crippen LogP contribution >= 0.6 is 11.6 Å². The number of halogens is 3. The molecular weight excluding hydrogens is 388 g/mol. The Hall–Kier alpha value is -2.22. The summed E-state index contributed by atoms with van der Waals surface area (Å²) >= 11 is 5.73. The van der Waals surface area contributed by atoms with Crippen molar-refractivity contribution in [2.45, 2.75) is 6.54 Å². The van der Waals surface area contributed by atoms with E-state index in [1.54, 1.807) is 6.07 Å². The molecule has 0 atom stereocenters. The molecule has 1 N–H and O–H groups in total. The third-order valence-corrected chi connectivity index (χ3v) is 4.95. The maximum Gasteiger partial charge on any atom is 0.238 e. The largest absolute Gasteiger partial charge is 0.494 e. The van der Waals surface area contributed by atoms with Gasteiger partial charge in [0.1, 0.15) is 5.82 Å². The number of piperazine rings is 1. The van der Waals surface area contributed by atoms with Crippen LogP contribution in [-0.4, -0.2) is 55.5 Å². The highest BCUT2D eigenvalue weighted by Crippen LogP contribution is 2.20. The molecule has 1 aliphatic heterocycles. The van der Waals surface area contributed by atoms with E-state index in [0.29, 0.717) is 12.2 Å². The predicted molar refractivity (Wildman–Crippen MR) is 105 cm³/mol. The van der Waals surface area contributed by atoms with E-state index in [1.165, 1.54) is 31.4 Å². The van der Waals surface area contributed by atoms with E-state index in [0.717, 1.165) is 31.7 Å². The number of ether oxygens (including phenoxy) is 1. The van der Waals surface area contributed by atoms with Crippen LogP contribution in [0.4, 0.5) is 14.5 Å². The van der Waals surface area contributed by atoms with Gasteiger partial charge in [-0.05, 0) is 35.9 Å². The maximum absolute atomic E-state index is 13.8. The molecule has 2 aromatic rings. The summed E-state index contributed by atoms with van der Waals surface area (Å²) in [5, 5.41) is 2.70.